The molecule has 0 saturated carbocycles. The molecule has 0 N–H and O–H groups in total. The molecule has 0 bridgehead atoms. The van der Waals surface area contributed by atoms with E-state index in [1.807, 2.05) is 12.1 Å². The summed E-state index contributed by atoms with van der Waals surface area (Å²) in [5.74, 6) is 0. The molecule has 2 saturated heterocycles. The van der Waals surface area contributed by atoms with Gasteiger partial charge >= 0.3 is 6.03 Å². The molecular weight excluding hydrogens is 154 g/mol. The van der Waals surface area contributed by atoms with E-state index in [1.54, 1.807) is 4.90 Å². The number of fused-ring (bicyclic) bond motifs is 1. The fourth-order valence-corrected chi connectivity index (χ4v) is 1.91. The van der Waals surface area contributed by atoms with Crippen LogP contribution in [0.15, 0.2) is 0 Å². The highest BCUT2D eigenvalue weighted by molar-refractivity contribution is 5.74. The van der Waals surface area contributed by atoms with Crippen molar-refractivity contribution in [3.8, 4) is 0 Å². The van der Waals surface area contributed by atoms with Crippen LogP contribution in [0.2, 0.25) is 0 Å². The van der Waals surface area contributed by atoms with Crippen molar-refractivity contribution in [2.45, 2.75) is 19.4 Å². The molecule has 0 aromatic heterocycles. The highest BCUT2D eigenvalue weighted by Crippen LogP contribution is 2.22. The van der Waals surface area contributed by atoms with Crippen LogP contribution >= 0.6 is 0 Å². The zero-order valence-corrected chi connectivity index (χ0v) is 7.66. The van der Waals surface area contributed by atoms with Gasteiger partial charge in [-0.25, -0.2) is 9.80 Å². The Morgan fingerprint density at radius 1 is 1.33 bits per heavy atom. The van der Waals surface area contributed by atoms with Crippen molar-refractivity contribution in [3.05, 3.63) is 0 Å². The average Bonchev–Trinajstić information content (AvgIpc) is 2.41. The number of rotatable bonds is 0. The molecule has 0 aromatic carbocycles. The minimum atomic E-state index is 0.159. The first kappa shape index (κ1) is 7.86. The summed E-state index contributed by atoms with van der Waals surface area (Å²) in [4.78, 5) is 13.4. The summed E-state index contributed by atoms with van der Waals surface area (Å²) in [5, 5.41) is 4.05. The predicted octanol–water partition coefficient (Wildman–Crippen LogP) is 0.363. The van der Waals surface area contributed by atoms with E-state index >= 15 is 0 Å². The summed E-state index contributed by atoms with van der Waals surface area (Å²) in [6.07, 6.45) is 1.11. The van der Waals surface area contributed by atoms with Gasteiger partial charge in [0.25, 0.3) is 0 Å². The zero-order chi connectivity index (χ0) is 8.72. The second kappa shape index (κ2) is 2.62. The Labute approximate surface area is 72.7 Å². The summed E-state index contributed by atoms with van der Waals surface area (Å²) in [5.41, 5.74) is 0. The highest BCUT2D eigenvalue weighted by atomic mass is 16.2. The third-order valence-electron chi connectivity index (χ3n) is 2.74. The van der Waals surface area contributed by atoms with Crippen LogP contribution in [0.5, 0.6) is 0 Å². The zero-order valence-electron chi connectivity index (χ0n) is 7.66. The molecule has 4 nitrogen and oxygen atoms in total. The van der Waals surface area contributed by atoms with Crippen molar-refractivity contribution >= 4 is 6.03 Å². The van der Waals surface area contributed by atoms with Crippen LogP contribution in [-0.4, -0.2) is 53.7 Å². The Kier molecular flexibility index (Phi) is 1.72. The van der Waals surface area contributed by atoms with Crippen molar-refractivity contribution in [1.82, 2.24) is 14.9 Å². The maximum Gasteiger partial charge on any atom is 0.334 e. The Morgan fingerprint density at radius 3 is 2.83 bits per heavy atom. The Balaban J connectivity index is 2.17. The van der Waals surface area contributed by atoms with Crippen molar-refractivity contribution in [2.24, 2.45) is 0 Å². The summed E-state index contributed by atoms with van der Waals surface area (Å²) < 4.78 is 0. The number of urea groups is 1. The van der Waals surface area contributed by atoms with E-state index in [2.05, 4.69) is 11.9 Å². The third kappa shape index (κ3) is 0.982. The first-order chi connectivity index (χ1) is 5.70. The number of carbonyl (C=O) groups excluding carboxylic acids is 1. The van der Waals surface area contributed by atoms with Crippen LogP contribution in [0.25, 0.3) is 0 Å². The van der Waals surface area contributed by atoms with Crippen LogP contribution in [0.3, 0.4) is 0 Å². The van der Waals surface area contributed by atoms with E-state index in [-0.39, 0.29) is 6.03 Å². The molecule has 2 aliphatic rings. The standard InChI is InChI=1S/C8H15N3O/c1-7-3-4-10-6-5-9(2)8(12)11(7)10/h7H,3-6H2,1-2H3. The lowest BCUT2D eigenvalue weighted by Gasteiger charge is -2.39. The second-order valence-electron chi connectivity index (χ2n) is 3.64. The molecule has 0 aliphatic carbocycles. The summed E-state index contributed by atoms with van der Waals surface area (Å²) in [6.45, 7) is 5.01. The topological polar surface area (TPSA) is 26.8 Å². The van der Waals surface area contributed by atoms with Gasteiger partial charge in [-0.15, -0.1) is 0 Å². The fraction of sp³-hybridized carbons (Fsp3) is 0.875. The quantitative estimate of drug-likeness (QED) is 0.523. The maximum atomic E-state index is 11.6. The van der Waals surface area contributed by atoms with Gasteiger partial charge in [-0.3, -0.25) is 5.01 Å². The van der Waals surface area contributed by atoms with Crippen molar-refractivity contribution < 1.29 is 4.79 Å². The summed E-state index contributed by atoms with van der Waals surface area (Å²) in [7, 11) is 1.87. The first-order valence-electron chi connectivity index (χ1n) is 4.49. The number of hydrogen-bond acceptors (Lipinski definition) is 2. The molecule has 68 valence electrons. The van der Waals surface area contributed by atoms with Crippen LogP contribution in [0.4, 0.5) is 4.79 Å². The van der Waals surface area contributed by atoms with E-state index in [4.69, 9.17) is 0 Å². The minimum Gasteiger partial charge on any atom is -0.325 e. The number of likely N-dealkylation sites (N-methyl/N-ethyl adjacent to an activating group) is 1. The Hall–Kier alpha value is -0.770. The lowest BCUT2D eigenvalue weighted by Crippen LogP contribution is -2.57. The number of hydrazine groups is 1. The Bertz CT molecular complexity index is 206. The van der Waals surface area contributed by atoms with E-state index in [0.29, 0.717) is 6.04 Å². The molecule has 2 heterocycles. The van der Waals surface area contributed by atoms with Gasteiger partial charge in [0.15, 0.2) is 0 Å². The van der Waals surface area contributed by atoms with Gasteiger partial charge in [-0.1, -0.05) is 0 Å². The van der Waals surface area contributed by atoms with Gasteiger partial charge in [0.05, 0.1) is 0 Å². The smallest absolute Gasteiger partial charge is 0.325 e. The van der Waals surface area contributed by atoms with E-state index in [9.17, 15) is 4.79 Å². The van der Waals surface area contributed by atoms with Gasteiger partial charge in [0, 0.05) is 32.7 Å². The Morgan fingerprint density at radius 2 is 2.08 bits per heavy atom. The number of carbonyl (C=O) groups is 1. The summed E-state index contributed by atoms with van der Waals surface area (Å²) >= 11 is 0. The molecule has 2 amide bonds. The predicted molar refractivity (Wildman–Crippen MR) is 45.5 cm³/mol. The molecule has 4 heteroatoms. The molecule has 1 atom stereocenters. The molecule has 0 aromatic rings. The van der Waals surface area contributed by atoms with Crippen LogP contribution < -0.4 is 0 Å². The molecule has 2 rings (SSSR count). The van der Waals surface area contributed by atoms with Crippen LogP contribution in [0, 0.1) is 0 Å². The van der Waals surface area contributed by atoms with Gasteiger partial charge < -0.3 is 4.90 Å². The number of nitrogens with zero attached hydrogens (tertiary/aromatic N) is 3. The van der Waals surface area contributed by atoms with E-state index in [1.165, 1.54) is 0 Å². The molecule has 2 aliphatic heterocycles. The SMILES string of the molecule is CC1CCN2CCN(C)C(=O)N12. The molecule has 0 radical (unpaired) electrons. The second-order valence-corrected chi connectivity index (χ2v) is 3.64. The van der Waals surface area contributed by atoms with Gasteiger partial charge in [0.1, 0.15) is 0 Å². The lowest BCUT2D eigenvalue weighted by molar-refractivity contribution is -0.00628. The van der Waals surface area contributed by atoms with Crippen LogP contribution in [0.1, 0.15) is 13.3 Å². The van der Waals surface area contributed by atoms with Crippen molar-refractivity contribution in [1.29, 1.82) is 0 Å². The maximum absolute atomic E-state index is 11.6. The van der Waals surface area contributed by atoms with E-state index in [0.717, 1.165) is 26.1 Å². The average molecular weight is 169 g/mol. The number of amides is 2. The summed E-state index contributed by atoms with van der Waals surface area (Å²) in [6, 6.07) is 0.548. The first-order valence-corrected chi connectivity index (χ1v) is 4.49. The molecule has 12 heavy (non-hydrogen) atoms. The van der Waals surface area contributed by atoms with Gasteiger partial charge in [-0.2, -0.15) is 0 Å². The largest absolute Gasteiger partial charge is 0.334 e. The van der Waals surface area contributed by atoms with Crippen molar-refractivity contribution in [3.63, 3.8) is 0 Å². The third-order valence-corrected chi connectivity index (χ3v) is 2.74. The monoisotopic (exact) mass is 169 g/mol. The molecule has 1 unspecified atom stereocenters. The molecular formula is C8H15N3O. The minimum absolute atomic E-state index is 0.159. The molecule has 2 fully saturated rings. The van der Waals surface area contributed by atoms with Gasteiger partial charge in [-0.05, 0) is 13.3 Å². The van der Waals surface area contributed by atoms with Crippen LogP contribution in [-0.2, 0) is 0 Å². The highest BCUT2D eigenvalue weighted by Gasteiger charge is 2.37. The normalized spacial score (nSPS) is 31.2. The fourth-order valence-electron chi connectivity index (χ4n) is 1.91. The molecule has 0 spiro atoms. The number of hydrogen-bond donors (Lipinski definition) is 0. The van der Waals surface area contributed by atoms with Crippen molar-refractivity contribution in [2.75, 3.05) is 26.7 Å². The van der Waals surface area contributed by atoms with Gasteiger partial charge in [0.2, 0.25) is 0 Å². The van der Waals surface area contributed by atoms with E-state index < -0.39 is 0 Å². The lowest BCUT2D eigenvalue weighted by atomic mass is 10.3.